The monoisotopic (exact) mass is 701 g/mol. The summed E-state index contributed by atoms with van der Waals surface area (Å²) in [6, 6.07) is 11.9. The molecule has 0 unspecified atom stereocenters. The molecule has 0 heterocycles. The van der Waals surface area contributed by atoms with Crippen molar-refractivity contribution in [3.63, 3.8) is 0 Å². The minimum absolute atomic E-state index is 0.0526. The highest BCUT2D eigenvalue weighted by molar-refractivity contribution is 14.1. The Hall–Kier alpha value is -3.42. The fourth-order valence-electron chi connectivity index (χ4n) is 2.88. The second-order valence-electron chi connectivity index (χ2n) is 7.28. The normalized spacial score (nSPS) is 11.9. The molecule has 3 aromatic rings. The van der Waals surface area contributed by atoms with Crippen molar-refractivity contribution in [3.05, 3.63) is 75.9 Å². The van der Waals surface area contributed by atoms with Crippen LogP contribution in [0.3, 0.4) is 0 Å². The quantitative estimate of drug-likeness (QED) is 0.146. The first kappa shape index (κ1) is 30.1. The van der Waals surface area contributed by atoms with Gasteiger partial charge in [0.25, 0.3) is 26.0 Å². The number of nitrogens with one attached hydrogen (secondary N) is 1. The zero-order valence-electron chi connectivity index (χ0n) is 19.0. The molecule has 0 saturated heterocycles. The molecule has 0 aromatic heterocycles. The fraction of sp³-hybridized carbons (Fsp3) is 0.0909. The molecule has 0 aliphatic heterocycles. The van der Waals surface area contributed by atoms with E-state index in [1.165, 1.54) is 12.1 Å². The van der Waals surface area contributed by atoms with Gasteiger partial charge in [0.2, 0.25) is 0 Å². The average molecular weight is 701 g/mol. The first-order valence-electron chi connectivity index (χ1n) is 10.2. The van der Waals surface area contributed by atoms with Crippen LogP contribution in [-0.4, -0.2) is 46.2 Å². The Bertz CT molecular complexity index is 1610. The lowest BCUT2D eigenvalue weighted by molar-refractivity contribution is -0.275. The molecule has 0 aliphatic rings. The largest absolute Gasteiger partial charge is 0.573 e. The minimum atomic E-state index is -5.17. The molecule has 1 amide bonds. The van der Waals surface area contributed by atoms with Gasteiger partial charge in [0.05, 0.1) is 0 Å². The van der Waals surface area contributed by atoms with Gasteiger partial charge in [0, 0.05) is 9.13 Å². The van der Waals surface area contributed by atoms with Crippen molar-refractivity contribution in [3.8, 4) is 17.2 Å². The van der Waals surface area contributed by atoms with E-state index in [-0.39, 0.29) is 25.5 Å². The number of benzene rings is 3. The molecule has 208 valence electrons. The molecule has 39 heavy (non-hydrogen) atoms. The number of rotatable bonds is 9. The molecule has 3 aromatic carbocycles. The molecule has 0 spiro atoms. The Balaban J connectivity index is 1.61. The van der Waals surface area contributed by atoms with E-state index < -0.39 is 55.6 Å². The predicted octanol–water partition coefficient (Wildman–Crippen LogP) is 3.54. The number of hydrogen-bond acceptors (Lipinski definition) is 9. The zero-order chi connectivity index (χ0) is 29.0. The minimum Gasteiger partial charge on any atom is -0.482 e. The molecule has 3 rings (SSSR count). The summed E-state index contributed by atoms with van der Waals surface area (Å²) in [5.74, 6) is -3.04. The van der Waals surface area contributed by atoms with Crippen molar-refractivity contribution < 1.29 is 58.4 Å². The van der Waals surface area contributed by atoms with E-state index in [2.05, 4.69) is 4.74 Å². The Kier molecular flexibility index (Phi) is 9.08. The maximum atomic E-state index is 12.6. The summed E-state index contributed by atoms with van der Waals surface area (Å²) < 4.78 is 110. The SMILES string of the molecule is O=C(COc1ccc(S(=O)(=O)O)c(I)c1)Oc1ccc(C(=O)NS(=O)(=O)c2ccccc2OC(F)(F)F)cc1. The molecule has 0 saturated carbocycles. The van der Waals surface area contributed by atoms with Gasteiger partial charge in [-0.15, -0.1) is 13.2 Å². The average Bonchev–Trinajstić information content (AvgIpc) is 2.81. The van der Waals surface area contributed by atoms with E-state index in [1.807, 2.05) is 0 Å². The van der Waals surface area contributed by atoms with E-state index in [0.717, 1.165) is 54.6 Å². The van der Waals surface area contributed by atoms with Crippen LogP contribution in [0.2, 0.25) is 0 Å². The topological polar surface area (TPSA) is 162 Å². The van der Waals surface area contributed by atoms with Crippen LogP contribution in [0.1, 0.15) is 10.4 Å². The van der Waals surface area contributed by atoms with Gasteiger partial charge in [-0.3, -0.25) is 9.35 Å². The van der Waals surface area contributed by atoms with Crippen LogP contribution in [0.25, 0.3) is 0 Å². The highest BCUT2D eigenvalue weighted by Crippen LogP contribution is 2.29. The third-order valence-corrected chi connectivity index (χ3v) is 8.02. The number of carbonyl (C=O) groups is 2. The Morgan fingerprint density at radius 3 is 2.10 bits per heavy atom. The van der Waals surface area contributed by atoms with Gasteiger partial charge in [-0.2, -0.15) is 8.42 Å². The van der Waals surface area contributed by atoms with Gasteiger partial charge in [0.15, 0.2) is 6.61 Å². The maximum absolute atomic E-state index is 12.6. The molecule has 17 heteroatoms. The number of hydrogen-bond donors (Lipinski definition) is 2. The van der Waals surface area contributed by atoms with E-state index in [0.29, 0.717) is 0 Å². The molecule has 0 bridgehead atoms. The summed E-state index contributed by atoms with van der Waals surface area (Å²) >= 11 is 1.66. The number of halogens is 4. The maximum Gasteiger partial charge on any atom is 0.573 e. The van der Waals surface area contributed by atoms with E-state index >= 15 is 0 Å². The molecule has 0 fully saturated rings. The van der Waals surface area contributed by atoms with Crippen molar-refractivity contribution in [1.82, 2.24) is 4.72 Å². The van der Waals surface area contributed by atoms with Gasteiger partial charge in [-0.1, -0.05) is 12.1 Å². The first-order valence-corrected chi connectivity index (χ1v) is 14.2. The van der Waals surface area contributed by atoms with Gasteiger partial charge in [0.1, 0.15) is 27.0 Å². The van der Waals surface area contributed by atoms with Gasteiger partial charge in [-0.05, 0) is 77.2 Å². The number of para-hydroxylation sites is 1. The zero-order valence-corrected chi connectivity index (χ0v) is 22.8. The van der Waals surface area contributed by atoms with Crippen molar-refractivity contribution in [2.45, 2.75) is 16.2 Å². The number of amides is 1. The molecular formula is C22H15F3INO10S2. The lowest BCUT2D eigenvalue weighted by Crippen LogP contribution is -2.31. The summed E-state index contributed by atoms with van der Waals surface area (Å²) in [6.45, 7) is -0.596. The second kappa shape index (κ2) is 11.8. The Morgan fingerprint density at radius 1 is 0.897 bits per heavy atom. The van der Waals surface area contributed by atoms with Crippen molar-refractivity contribution in [1.29, 1.82) is 0 Å². The van der Waals surface area contributed by atoms with Crippen LogP contribution < -0.4 is 18.9 Å². The molecule has 0 aliphatic carbocycles. The van der Waals surface area contributed by atoms with Gasteiger partial charge >= 0.3 is 12.3 Å². The second-order valence-corrected chi connectivity index (χ2v) is 11.5. The third kappa shape index (κ3) is 8.53. The standard InChI is InChI=1S/C22H15F3INO10S2/c23-22(24,25)37-17-3-1-2-4-19(17)38(30,31)27-21(29)13-5-7-14(8-6-13)36-20(28)12-35-15-9-10-18(16(26)11-15)39(32,33)34/h1-11H,12H2,(H,27,29)(H,32,33,34). The fourth-order valence-corrected chi connectivity index (χ4v) is 5.85. The summed E-state index contributed by atoms with van der Waals surface area (Å²) in [6.07, 6.45) is -5.17. The Morgan fingerprint density at radius 2 is 1.51 bits per heavy atom. The highest BCUT2D eigenvalue weighted by Gasteiger charge is 2.34. The lowest BCUT2D eigenvalue weighted by Gasteiger charge is -2.14. The summed E-state index contributed by atoms with van der Waals surface area (Å²) in [5, 5.41) is 0. The van der Waals surface area contributed by atoms with Crippen LogP contribution >= 0.6 is 22.6 Å². The smallest absolute Gasteiger partial charge is 0.482 e. The van der Waals surface area contributed by atoms with E-state index in [4.69, 9.17) is 14.0 Å². The van der Waals surface area contributed by atoms with Crippen LogP contribution in [0, 0.1) is 3.57 Å². The van der Waals surface area contributed by atoms with Crippen LogP contribution in [0.5, 0.6) is 17.2 Å². The number of alkyl halides is 3. The number of esters is 1. The van der Waals surface area contributed by atoms with Crippen molar-refractivity contribution >= 4 is 54.6 Å². The van der Waals surface area contributed by atoms with Crippen molar-refractivity contribution in [2.75, 3.05) is 6.61 Å². The number of sulfonamides is 1. The van der Waals surface area contributed by atoms with Crippen LogP contribution in [-0.2, 0) is 24.9 Å². The first-order chi connectivity index (χ1) is 18.0. The van der Waals surface area contributed by atoms with Gasteiger partial charge in [-0.25, -0.2) is 17.9 Å². The van der Waals surface area contributed by atoms with E-state index in [1.54, 1.807) is 27.3 Å². The predicted molar refractivity (Wildman–Crippen MR) is 134 cm³/mol. The Labute approximate surface area is 232 Å². The summed E-state index contributed by atoms with van der Waals surface area (Å²) in [5.41, 5.74) is -0.225. The van der Waals surface area contributed by atoms with Crippen LogP contribution in [0.4, 0.5) is 13.2 Å². The molecule has 0 atom stereocenters. The molecular weight excluding hydrogens is 686 g/mol. The third-order valence-electron chi connectivity index (χ3n) is 4.48. The molecule has 2 N–H and O–H groups in total. The van der Waals surface area contributed by atoms with Crippen LogP contribution in [0.15, 0.2) is 76.5 Å². The summed E-state index contributed by atoms with van der Waals surface area (Å²) in [4.78, 5) is 23.2. The lowest BCUT2D eigenvalue weighted by atomic mass is 10.2. The van der Waals surface area contributed by atoms with E-state index in [9.17, 15) is 39.6 Å². The highest BCUT2D eigenvalue weighted by atomic mass is 127. The van der Waals surface area contributed by atoms with Gasteiger partial charge < -0.3 is 14.2 Å². The summed E-state index contributed by atoms with van der Waals surface area (Å²) in [7, 11) is -9.19. The number of ether oxygens (including phenoxy) is 3. The number of carbonyl (C=O) groups excluding carboxylic acids is 2. The van der Waals surface area contributed by atoms with Crippen molar-refractivity contribution in [2.24, 2.45) is 0 Å². The molecule has 11 nitrogen and oxygen atoms in total. The molecule has 0 radical (unpaired) electrons.